The van der Waals surface area contributed by atoms with Gasteiger partial charge in [-0.1, -0.05) is 11.6 Å². The first kappa shape index (κ1) is 18.9. The fraction of sp³-hybridized carbons (Fsp3) is 0.353. The number of benzene rings is 1. The van der Waals surface area contributed by atoms with Crippen molar-refractivity contribution in [3.8, 4) is 0 Å². The number of amides is 1. The number of aromatic amines is 1. The van der Waals surface area contributed by atoms with Gasteiger partial charge in [-0.25, -0.2) is 13.1 Å². The molecule has 0 saturated carbocycles. The molecule has 0 atom stereocenters. The largest absolute Gasteiger partial charge is 0.306 e. The Balaban J connectivity index is 1.66. The molecule has 1 amide bonds. The van der Waals surface area contributed by atoms with Gasteiger partial charge < -0.3 is 5.32 Å². The molecule has 1 aliphatic heterocycles. The van der Waals surface area contributed by atoms with Gasteiger partial charge in [0.25, 0.3) is 5.91 Å². The van der Waals surface area contributed by atoms with Crippen LogP contribution in [0.4, 0.5) is 5.82 Å². The topological polar surface area (TPSA) is 113 Å². The Hall–Kier alpha value is -2.43. The van der Waals surface area contributed by atoms with Crippen molar-refractivity contribution in [3.05, 3.63) is 34.5 Å². The van der Waals surface area contributed by atoms with Gasteiger partial charge in [0.1, 0.15) is 10.7 Å². The number of H-pyrrole nitrogens is 1. The van der Waals surface area contributed by atoms with E-state index in [4.69, 9.17) is 11.6 Å². The average molecular weight is 423 g/mol. The van der Waals surface area contributed by atoms with E-state index < -0.39 is 15.9 Å². The highest BCUT2D eigenvalue weighted by atomic mass is 35.5. The first-order valence-electron chi connectivity index (χ1n) is 8.78. The molecular formula is C17H19ClN6O3S. The molecular weight excluding hydrogens is 404 g/mol. The van der Waals surface area contributed by atoms with Gasteiger partial charge in [0.15, 0.2) is 5.65 Å². The number of aryl methyl sites for hydroxylation is 2. The van der Waals surface area contributed by atoms with Crippen LogP contribution in [0.15, 0.2) is 23.1 Å². The van der Waals surface area contributed by atoms with Gasteiger partial charge in [0.05, 0.1) is 16.1 Å². The SMILES string of the molecule is Cc1nn(C)c2n[nH]c(NC(=O)c3ccc(Cl)c(S(=O)(=O)N4CCCC4)c3)c12. The first-order valence-corrected chi connectivity index (χ1v) is 10.6. The highest BCUT2D eigenvalue weighted by Gasteiger charge is 2.30. The van der Waals surface area contributed by atoms with Crippen LogP contribution in [0.3, 0.4) is 0 Å². The highest BCUT2D eigenvalue weighted by molar-refractivity contribution is 7.89. The maximum absolute atomic E-state index is 12.9. The molecule has 0 radical (unpaired) electrons. The number of fused-ring (bicyclic) bond motifs is 1. The number of nitrogens with zero attached hydrogens (tertiary/aromatic N) is 4. The standard InChI is InChI=1S/C17H19ClN6O3S/c1-10-14-15(20-21-16(14)23(2)22-10)19-17(25)11-5-6-12(18)13(9-11)28(26,27)24-7-3-4-8-24/h5-6,9H,3-4,7-8H2,1-2H3,(H2,19,20,21,25). The van der Waals surface area contributed by atoms with Crippen LogP contribution in [0.25, 0.3) is 11.0 Å². The van der Waals surface area contributed by atoms with E-state index in [9.17, 15) is 13.2 Å². The van der Waals surface area contributed by atoms with Crippen LogP contribution in [0.2, 0.25) is 5.02 Å². The third kappa shape index (κ3) is 3.07. The zero-order valence-corrected chi connectivity index (χ0v) is 16.9. The van der Waals surface area contributed by atoms with Crippen molar-refractivity contribution in [2.24, 2.45) is 7.05 Å². The third-order valence-corrected chi connectivity index (χ3v) is 7.21. The lowest BCUT2D eigenvalue weighted by molar-refractivity contribution is 0.102. The lowest BCUT2D eigenvalue weighted by atomic mass is 10.2. The number of halogens is 1. The van der Waals surface area contributed by atoms with Gasteiger partial charge in [-0.15, -0.1) is 0 Å². The zero-order valence-electron chi connectivity index (χ0n) is 15.4. The summed E-state index contributed by atoms with van der Waals surface area (Å²) in [5.74, 6) is -0.0622. The Morgan fingerprint density at radius 2 is 2.00 bits per heavy atom. The van der Waals surface area contributed by atoms with Gasteiger partial charge in [-0.2, -0.15) is 14.5 Å². The van der Waals surface area contributed by atoms with Gasteiger partial charge in [-0.3, -0.25) is 9.89 Å². The van der Waals surface area contributed by atoms with E-state index in [0.29, 0.717) is 29.9 Å². The maximum atomic E-state index is 12.9. The van der Waals surface area contributed by atoms with Crippen molar-refractivity contribution in [2.45, 2.75) is 24.7 Å². The van der Waals surface area contributed by atoms with Gasteiger partial charge >= 0.3 is 0 Å². The van der Waals surface area contributed by atoms with E-state index in [0.717, 1.165) is 18.5 Å². The molecule has 0 aliphatic carbocycles. The van der Waals surface area contributed by atoms with E-state index in [1.165, 1.54) is 22.5 Å². The summed E-state index contributed by atoms with van der Waals surface area (Å²) < 4.78 is 28.7. The minimum absolute atomic E-state index is 0.0592. The molecule has 148 valence electrons. The second-order valence-corrected chi connectivity index (χ2v) is 9.03. The molecule has 0 unspecified atom stereocenters. The summed E-state index contributed by atoms with van der Waals surface area (Å²) in [5, 5.41) is 14.7. The van der Waals surface area contributed by atoms with Gasteiger partial charge in [-0.05, 0) is 38.0 Å². The Morgan fingerprint density at radius 1 is 1.29 bits per heavy atom. The summed E-state index contributed by atoms with van der Waals surface area (Å²) in [6.07, 6.45) is 1.63. The van der Waals surface area contributed by atoms with Crippen LogP contribution in [-0.2, 0) is 17.1 Å². The number of hydrogen-bond donors (Lipinski definition) is 2. The summed E-state index contributed by atoms with van der Waals surface area (Å²) in [5.41, 5.74) is 1.52. The van der Waals surface area contributed by atoms with Gasteiger partial charge in [0.2, 0.25) is 10.0 Å². The number of hydrogen-bond acceptors (Lipinski definition) is 5. The van der Waals surface area contributed by atoms with Crippen LogP contribution in [-0.4, -0.2) is 51.7 Å². The molecule has 1 saturated heterocycles. The maximum Gasteiger partial charge on any atom is 0.256 e. The summed E-state index contributed by atoms with van der Waals surface area (Å²) >= 11 is 6.14. The zero-order chi connectivity index (χ0) is 20.1. The molecule has 0 spiro atoms. The monoisotopic (exact) mass is 422 g/mol. The lowest BCUT2D eigenvalue weighted by Crippen LogP contribution is -2.28. The minimum atomic E-state index is -3.74. The predicted molar refractivity (Wildman–Crippen MR) is 105 cm³/mol. The molecule has 3 aromatic rings. The fourth-order valence-corrected chi connectivity index (χ4v) is 5.44. The summed E-state index contributed by atoms with van der Waals surface area (Å²) in [4.78, 5) is 12.7. The second kappa shape index (κ2) is 6.87. The second-order valence-electron chi connectivity index (χ2n) is 6.72. The molecule has 1 aromatic carbocycles. The molecule has 2 N–H and O–H groups in total. The molecule has 3 heterocycles. The third-order valence-electron chi connectivity index (χ3n) is 4.83. The number of carbonyl (C=O) groups is 1. The van der Waals surface area contributed by atoms with Crippen molar-refractivity contribution in [1.82, 2.24) is 24.3 Å². The van der Waals surface area contributed by atoms with Crippen LogP contribution in [0, 0.1) is 6.92 Å². The first-order chi connectivity index (χ1) is 13.3. The van der Waals surface area contributed by atoms with Gasteiger partial charge in [0, 0.05) is 25.7 Å². The number of nitrogens with one attached hydrogen (secondary N) is 2. The quantitative estimate of drug-likeness (QED) is 0.669. The molecule has 11 heteroatoms. The van der Waals surface area contributed by atoms with Crippen molar-refractivity contribution in [2.75, 3.05) is 18.4 Å². The Morgan fingerprint density at radius 3 is 2.71 bits per heavy atom. The summed E-state index contributed by atoms with van der Waals surface area (Å²) in [6.45, 7) is 2.74. The van der Waals surface area contributed by atoms with E-state index >= 15 is 0 Å². The summed E-state index contributed by atoms with van der Waals surface area (Å²) in [7, 11) is -1.98. The van der Waals surface area contributed by atoms with Crippen LogP contribution in [0.1, 0.15) is 28.9 Å². The normalized spacial score (nSPS) is 15.4. The Kier molecular flexibility index (Phi) is 4.64. The number of aromatic nitrogens is 4. The molecule has 28 heavy (non-hydrogen) atoms. The molecule has 1 aliphatic rings. The predicted octanol–water partition coefficient (Wildman–Crippen LogP) is 2.30. The number of carbonyl (C=O) groups excluding carboxylic acids is 1. The van der Waals surface area contributed by atoms with E-state index in [1.807, 2.05) is 6.92 Å². The van der Waals surface area contributed by atoms with Crippen LogP contribution < -0.4 is 5.32 Å². The molecule has 0 bridgehead atoms. The number of sulfonamides is 1. The van der Waals surface area contributed by atoms with E-state index in [1.54, 1.807) is 11.7 Å². The number of rotatable bonds is 4. The molecule has 4 rings (SSSR count). The van der Waals surface area contributed by atoms with Crippen LogP contribution in [0.5, 0.6) is 0 Å². The average Bonchev–Trinajstić information content (AvgIpc) is 3.36. The smallest absolute Gasteiger partial charge is 0.256 e. The van der Waals surface area contributed by atoms with Crippen molar-refractivity contribution in [1.29, 1.82) is 0 Å². The van der Waals surface area contributed by atoms with Crippen molar-refractivity contribution >= 4 is 44.4 Å². The van der Waals surface area contributed by atoms with Crippen molar-refractivity contribution in [3.63, 3.8) is 0 Å². The lowest BCUT2D eigenvalue weighted by Gasteiger charge is -2.17. The van der Waals surface area contributed by atoms with Crippen molar-refractivity contribution < 1.29 is 13.2 Å². The van der Waals surface area contributed by atoms with E-state index in [2.05, 4.69) is 20.6 Å². The van der Waals surface area contributed by atoms with Crippen LogP contribution >= 0.6 is 11.6 Å². The fourth-order valence-electron chi connectivity index (χ4n) is 3.42. The molecule has 9 nitrogen and oxygen atoms in total. The Bertz CT molecular complexity index is 1180. The number of anilines is 1. The molecule has 1 fully saturated rings. The molecule has 2 aromatic heterocycles. The minimum Gasteiger partial charge on any atom is -0.306 e. The Labute approximate surface area is 166 Å². The highest BCUT2D eigenvalue weighted by Crippen LogP contribution is 2.29. The van der Waals surface area contributed by atoms with E-state index in [-0.39, 0.29) is 15.5 Å². The summed E-state index contributed by atoms with van der Waals surface area (Å²) in [6, 6.07) is 4.23.